The number of anilines is 1. The van der Waals surface area contributed by atoms with Gasteiger partial charge in [-0.15, -0.1) is 12.1 Å². The fourth-order valence-corrected chi connectivity index (χ4v) is 2.32. The molecule has 0 bridgehead atoms. The first-order valence-corrected chi connectivity index (χ1v) is 6.10. The molecule has 0 spiro atoms. The van der Waals surface area contributed by atoms with Gasteiger partial charge in [0.1, 0.15) is 0 Å². The van der Waals surface area contributed by atoms with Gasteiger partial charge in [0.15, 0.2) is 0 Å². The van der Waals surface area contributed by atoms with Crippen molar-refractivity contribution in [3.05, 3.63) is 41.4 Å². The van der Waals surface area contributed by atoms with Crippen LogP contribution in [0.3, 0.4) is 0 Å². The Morgan fingerprint density at radius 2 is 2.05 bits per heavy atom. The summed E-state index contributed by atoms with van der Waals surface area (Å²) in [7, 11) is 0. The Kier molecular flexibility index (Phi) is 6.20. The van der Waals surface area contributed by atoms with Crippen molar-refractivity contribution in [3.8, 4) is 0 Å². The Morgan fingerprint density at radius 3 is 2.68 bits per heavy atom. The summed E-state index contributed by atoms with van der Waals surface area (Å²) in [6.07, 6.45) is 1.84. The van der Waals surface area contributed by atoms with Crippen molar-refractivity contribution in [1.29, 1.82) is 0 Å². The van der Waals surface area contributed by atoms with Crippen LogP contribution in [0.4, 0.5) is 18.6 Å². The zero-order valence-corrected chi connectivity index (χ0v) is 14.5. The molecular formula is C13H16BF3KN. The smallest absolute Gasteiger partial charge is 0.445 e. The van der Waals surface area contributed by atoms with E-state index in [4.69, 9.17) is 0 Å². The summed E-state index contributed by atoms with van der Waals surface area (Å²) in [5, 5.41) is 0. The predicted octanol–water partition coefficient (Wildman–Crippen LogP) is 0.694. The molecule has 0 N–H and O–H groups in total. The Morgan fingerprint density at radius 1 is 1.37 bits per heavy atom. The first-order valence-electron chi connectivity index (χ1n) is 6.10. The van der Waals surface area contributed by atoms with Crippen LogP contribution in [-0.4, -0.2) is 20.1 Å². The summed E-state index contributed by atoms with van der Waals surface area (Å²) in [6, 6.07) is 5.92. The molecule has 0 radical (unpaired) electrons. The van der Waals surface area contributed by atoms with Crippen molar-refractivity contribution in [2.45, 2.75) is 19.8 Å². The Labute approximate surface area is 154 Å². The third-order valence-electron chi connectivity index (χ3n) is 3.31. The van der Waals surface area contributed by atoms with Gasteiger partial charge < -0.3 is 17.8 Å². The van der Waals surface area contributed by atoms with Crippen LogP contribution in [0.2, 0.25) is 0 Å². The first-order chi connectivity index (χ1) is 8.38. The molecule has 0 unspecified atom stereocenters. The van der Waals surface area contributed by atoms with Crippen LogP contribution >= 0.6 is 0 Å². The molecule has 2 rings (SSSR count). The van der Waals surface area contributed by atoms with Crippen molar-refractivity contribution >= 4 is 12.7 Å². The van der Waals surface area contributed by atoms with Crippen LogP contribution < -0.4 is 56.3 Å². The van der Waals surface area contributed by atoms with Crippen LogP contribution in [-0.2, 0) is 6.42 Å². The van der Waals surface area contributed by atoms with Crippen molar-refractivity contribution in [3.63, 3.8) is 0 Å². The standard InChI is InChI=1S/C13H16BF3N.K/c1-10-5-6-13-12(8-10)4-3-7-18(13)9-11(2)14(15,16)17;/h5-6,8H,2-4,7,9H2,1H3;/q-1;+1. The van der Waals surface area contributed by atoms with Gasteiger partial charge in [0, 0.05) is 18.8 Å². The maximum atomic E-state index is 12.6. The van der Waals surface area contributed by atoms with E-state index in [0.717, 1.165) is 29.7 Å². The fourth-order valence-electron chi connectivity index (χ4n) is 2.32. The Bertz CT molecular complexity index is 473. The molecule has 1 aromatic rings. The third kappa shape index (κ3) is 4.36. The first kappa shape index (κ1) is 17.3. The molecule has 0 saturated carbocycles. The maximum absolute atomic E-state index is 12.6. The number of aryl methyl sites for hydroxylation is 2. The third-order valence-corrected chi connectivity index (χ3v) is 3.31. The van der Waals surface area contributed by atoms with Crippen molar-refractivity contribution < 1.29 is 64.3 Å². The van der Waals surface area contributed by atoms with Crippen LogP contribution in [0.25, 0.3) is 0 Å². The van der Waals surface area contributed by atoms with Crippen LogP contribution in [0.1, 0.15) is 17.5 Å². The van der Waals surface area contributed by atoms with Crippen molar-refractivity contribution in [2.75, 3.05) is 18.0 Å². The minimum absolute atomic E-state index is 0. The number of halogens is 3. The Balaban J connectivity index is 0.00000180. The molecule has 1 aliphatic rings. The van der Waals surface area contributed by atoms with Crippen molar-refractivity contribution in [1.82, 2.24) is 0 Å². The quantitative estimate of drug-likeness (QED) is 0.741. The normalized spacial score (nSPS) is 14.6. The van der Waals surface area contributed by atoms with E-state index >= 15 is 0 Å². The van der Waals surface area contributed by atoms with E-state index in [1.165, 1.54) is 0 Å². The summed E-state index contributed by atoms with van der Waals surface area (Å²) in [6.45, 7) is 0.787. The molecule has 0 atom stereocenters. The topological polar surface area (TPSA) is 3.24 Å². The number of hydrogen-bond acceptors (Lipinski definition) is 1. The molecule has 0 amide bonds. The van der Waals surface area contributed by atoms with Crippen LogP contribution in [0.5, 0.6) is 0 Å². The molecule has 1 aliphatic heterocycles. The van der Waals surface area contributed by atoms with E-state index in [0.29, 0.717) is 6.54 Å². The molecule has 1 nitrogen and oxygen atoms in total. The SMILES string of the molecule is C=C(CN1CCCc2cc(C)ccc21)[B-](F)(F)F.[K+]. The zero-order chi connectivity index (χ0) is 13.3. The van der Waals surface area contributed by atoms with Gasteiger partial charge in [0.05, 0.1) is 0 Å². The van der Waals surface area contributed by atoms with E-state index in [9.17, 15) is 12.9 Å². The number of hydrogen-bond donors (Lipinski definition) is 0. The summed E-state index contributed by atoms with van der Waals surface area (Å²) < 4.78 is 37.7. The van der Waals surface area contributed by atoms with Gasteiger partial charge in [0.2, 0.25) is 0 Å². The van der Waals surface area contributed by atoms with Gasteiger partial charge in [0.25, 0.3) is 0 Å². The second kappa shape index (κ2) is 6.81. The molecule has 1 aromatic carbocycles. The second-order valence-electron chi connectivity index (χ2n) is 4.89. The molecule has 98 valence electrons. The number of nitrogens with zero attached hydrogens (tertiary/aromatic N) is 1. The average Bonchev–Trinajstić information content (AvgIpc) is 2.27. The van der Waals surface area contributed by atoms with E-state index in [1.54, 1.807) is 4.90 Å². The molecule has 1 heterocycles. The molecule has 19 heavy (non-hydrogen) atoms. The molecule has 0 fully saturated rings. The average molecular weight is 293 g/mol. The minimum Gasteiger partial charge on any atom is -0.445 e. The number of rotatable bonds is 3. The van der Waals surface area contributed by atoms with E-state index in [2.05, 4.69) is 12.6 Å². The summed E-state index contributed by atoms with van der Waals surface area (Å²) in [5.74, 6) is 0. The number of fused-ring (bicyclic) bond motifs is 1. The predicted molar refractivity (Wildman–Crippen MR) is 69.9 cm³/mol. The van der Waals surface area contributed by atoms with Crippen LogP contribution in [0.15, 0.2) is 30.3 Å². The monoisotopic (exact) mass is 293 g/mol. The summed E-state index contributed by atoms with van der Waals surface area (Å²) >= 11 is 0. The van der Waals surface area contributed by atoms with Gasteiger partial charge in [-0.1, -0.05) is 17.7 Å². The van der Waals surface area contributed by atoms with E-state index in [-0.39, 0.29) is 57.9 Å². The molecular weight excluding hydrogens is 277 g/mol. The van der Waals surface area contributed by atoms with E-state index in [1.807, 2.05) is 19.1 Å². The summed E-state index contributed by atoms with van der Waals surface area (Å²) in [4.78, 5) is 1.79. The van der Waals surface area contributed by atoms with Gasteiger partial charge in [-0.25, -0.2) is 0 Å². The molecule has 0 saturated heterocycles. The summed E-state index contributed by atoms with van der Waals surface area (Å²) in [5.41, 5.74) is 2.59. The van der Waals surface area contributed by atoms with Crippen LogP contribution in [0, 0.1) is 6.92 Å². The second-order valence-corrected chi connectivity index (χ2v) is 4.89. The van der Waals surface area contributed by atoms with Gasteiger partial charge >= 0.3 is 58.4 Å². The van der Waals surface area contributed by atoms with Gasteiger partial charge in [-0.3, -0.25) is 0 Å². The van der Waals surface area contributed by atoms with E-state index < -0.39 is 12.4 Å². The Hall–Kier alpha value is 0.251. The minimum atomic E-state index is -4.94. The fraction of sp³-hybridized carbons (Fsp3) is 0.385. The molecule has 0 aliphatic carbocycles. The van der Waals surface area contributed by atoms with Crippen molar-refractivity contribution in [2.24, 2.45) is 0 Å². The molecule has 6 heteroatoms. The van der Waals surface area contributed by atoms with Gasteiger partial charge in [-0.2, -0.15) is 0 Å². The number of benzene rings is 1. The van der Waals surface area contributed by atoms with Gasteiger partial charge in [-0.05, 0) is 31.4 Å². The largest absolute Gasteiger partial charge is 1.00 e. The zero-order valence-electron chi connectivity index (χ0n) is 11.4. The maximum Gasteiger partial charge on any atom is 1.00 e. The molecule has 0 aromatic heterocycles.